The normalized spacial score (nSPS) is 21.1. The summed E-state index contributed by atoms with van der Waals surface area (Å²) in [4.78, 5) is 24.1. The highest BCUT2D eigenvalue weighted by atomic mass is 16.2. The molecule has 1 unspecified atom stereocenters. The molecule has 4 nitrogen and oxygen atoms in total. The summed E-state index contributed by atoms with van der Waals surface area (Å²) in [6.07, 6.45) is 6.02. The summed E-state index contributed by atoms with van der Waals surface area (Å²) >= 11 is 0. The summed E-state index contributed by atoms with van der Waals surface area (Å²) < 4.78 is 0. The molecular weight excluding hydrogens is 180 g/mol. The zero-order valence-corrected chi connectivity index (χ0v) is 8.46. The van der Waals surface area contributed by atoms with Crippen LogP contribution in [-0.4, -0.2) is 35.3 Å². The number of nitrogens with zero attached hydrogens (tertiary/aromatic N) is 1. The minimum absolute atomic E-state index is 0.0517. The van der Waals surface area contributed by atoms with Crippen molar-refractivity contribution in [3.05, 3.63) is 0 Å². The SMILES string of the molecule is C#CC(C)(CC)N1CC(=O)NCC1=O. The molecule has 14 heavy (non-hydrogen) atoms. The quantitative estimate of drug-likeness (QED) is 0.616. The molecule has 1 fully saturated rings. The lowest BCUT2D eigenvalue weighted by atomic mass is 9.96. The van der Waals surface area contributed by atoms with Crippen molar-refractivity contribution in [3.8, 4) is 12.3 Å². The number of terminal acetylenes is 1. The summed E-state index contributed by atoms with van der Waals surface area (Å²) in [5.74, 6) is 2.30. The molecule has 0 radical (unpaired) electrons. The van der Waals surface area contributed by atoms with Crippen LogP contribution >= 0.6 is 0 Å². The maximum absolute atomic E-state index is 11.5. The number of hydrogen-bond donors (Lipinski definition) is 1. The van der Waals surface area contributed by atoms with E-state index in [1.165, 1.54) is 4.90 Å². The number of rotatable bonds is 2. The lowest BCUT2D eigenvalue weighted by molar-refractivity contribution is -0.144. The van der Waals surface area contributed by atoms with Crippen molar-refractivity contribution < 1.29 is 9.59 Å². The Kier molecular flexibility index (Phi) is 2.80. The maximum atomic E-state index is 11.5. The molecule has 0 aromatic rings. The molecule has 1 aliphatic heterocycles. The fourth-order valence-corrected chi connectivity index (χ4v) is 1.38. The molecule has 4 heteroatoms. The second-order valence-electron chi connectivity index (χ2n) is 3.53. The minimum atomic E-state index is -0.644. The van der Waals surface area contributed by atoms with E-state index in [1.807, 2.05) is 6.92 Å². The van der Waals surface area contributed by atoms with Gasteiger partial charge in [-0.25, -0.2) is 0 Å². The average molecular weight is 194 g/mol. The Balaban J connectivity index is 2.89. The number of carbonyl (C=O) groups excluding carboxylic acids is 2. The van der Waals surface area contributed by atoms with Gasteiger partial charge in [-0.15, -0.1) is 6.42 Å². The molecule has 0 bridgehead atoms. The molecule has 1 heterocycles. The summed E-state index contributed by atoms with van der Waals surface area (Å²) in [7, 11) is 0. The van der Waals surface area contributed by atoms with Crippen LogP contribution in [0.3, 0.4) is 0 Å². The topological polar surface area (TPSA) is 49.4 Å². The number of amides is 2. The van der Waals surface area contributed by atoms with Crippen molar-refractivity contribution in [2.45, 2.75) is 25.8 Å². The molecule has 0 spiro atoms. The highest BCUT2D eigenvalue weighted by Gasteiger charge is 2.35. The number of hydrogen-bond acceptors (Lipinski definition) is 2. The van der Waals surface area contributed by atoms with Gasteiger partial charge in [0.05, 0.1) is 6.54 Å². The minimum Gasteiger partial charge on any atom is -0.345 e. The molecule has 1 N–H and O–H groups in total. The van der Waals surface area contributed by atoms with Crippen LogP contribution in [0.25, 0.3) is 0 Å². The number of carbonyl (C=O) groups is 2. The van der Waals surface area contributed by atoms with Gasteiger partial charge in [-0.2, -0.15) is 0 Å². The predicted molar refractivity (Wildman–Crippen MR) is 52.3 cm³/mol. The fourth-order valence-electron chi connectivity index (χ4n) is 1.38. The van der Waals surface area contributed by atoms with Crippen LogP contribution in [-0.2, 0) is 9.59 Å². The van der Waals surface area contributed by atoms with Gasteiger partial charge in [0, 0.05) is 0 Å². The van der Waals surface area contributed by atoms with Crippen molar-refractivity contribution in [3.63, 3.8) is 0 Å². The predicted octanol–water partition coefficient (Wildman–Crippen LogP) is -0.253. The van der Waals surface area contributed by atoms with Gasteiger partial charge in [0.25, 0.3) is 0 Å². The highest BCUT2D eigenvalue weighted by molar-refractivity contribution is 5.93. The van der Waals surface area contributed by atoms with E-state index < -0.39 is 5.54 Å². The smallest absolute Gasteiger partial charge is 0.243 e. The third-order valence-corrected chi connectivity index (χ3v) is 2.63. The Morgan fingerprint density at radius 1 is 1.64 bits per heavy atom. The van der Waals surface area contributed by atoms with Gasteiger partial charge in [-0.3, -0.25) is 9.59 Å². The molecule has 1 rings (SSSR count). The van der Waals surface area contributed by atoms with E-state index in [0.717, 1.165) is 0 Å². The molecule has 0 aliphatic carbocycles. The Bertz CT molecular complexity index is 306. The van der Waals surface area contributed by atoms with Crippen LogP contribution in [0, 0.1) is 12.3 Å². The molecule has 1 aliphatic rings. The highest BCUT2D eigenvalue weighted by Crippen LogP contribution is 2.19. The third-order valence-electron chi connectivity index (χ3n) is 2.63. The number of nitrogens with one attached hydrogen (secondary N) is 1. The zero-order valence-electron chi connectivity index (χ0n) is 8.46. The van der Waals surface area contributed by atoms with Crippen LogP contribution in [0.15, 0.2) is 0 Å². The average Bonchev–Trinajstić information content (AvgIpc) is 2.20. The summed E-state index contributed by atoms with van der Waals surface area (Å²) in [5.41, 5.74) is -0.644. The van der Waals surface area contributed by atoms with E-state index in [-0.39, 0.29) is 24.9 Å². The second-order valence-corrected chi connectivity index (χ2v) is 3.53. The summed E-state index contributed by atoms with van der Waals surface area (Å²) in [6, 6.07) is 0. The zero-order chi connectivity index (χ0) is 10.8. The van der Waals surface area contributed by atoms with Crippen molar-refractivity contribution in [1.82, 2.24) is 10.2 Å². The molecule has 1 atom stereocenters. The monoisotopic (exact) mass is 194 g/mol. The van der Waals surface area contributed by atoms with Gasteiger partial charge >= 0.3 is 0 Å². The van der Waals surface area contributed by atoms with Crippen LogP contribution in [0.5, 0.6) is 0 Å². The Morgan fingerprint density at radius 2 is 2.29 bits per heavy atom. The Morgan fingerprint density at radius 3 is 2.79 bits per heavy atom. The molecule has 0 aromatic heterocycles. The molecule has 0 saturated carbocycles. The molecular formula is C10H14N2O2. The van der Waals surface area contributed by atoms with E-state index in [9.17, 15) is 9.59 Å². The van der Waals surface area contributed by atoms with E-state index in [2.05, 4.69) is 11.2 Å². The van der Waals surface area contributed by atoms with E-state index >= 15 is 0 Å². The largest absolute Gasteiger partial charge is 0.345 e. The van der Waals surface area contributed by atoms with Crippen molar-refractivity contribution in [1.29, 1.82) is 0 Å². The van der Waals surface area contributed by atoms with Gasteiger partial charge < -0.3 is 10.2 Å². The Labute approximate surface area is 83.6 Å². The molecule has 0 aromatic carbocycles. The van der Waals surface area contributed by atoms with Gasteiger partial charge in [0.2, 0.25) is 11.8 Å². The fraction of sp³-hybridized carbons (Fsp3) is 0.600. The summed E-state index contributed by atoms with van der Waals surface area (Å²) in [5, 5.41) is 2.48. The first-order valence-corrected chi connectivity index (χ1v) is 4.58. The van der Waals surface area contributed by atoms with Gasteiger partial charge in [-0.05, 0) is 13.3 Å². The van der Waals surface area contributed by atoms with Gasteiger partial charge in [-0.1, -0.05) is 12.8 Å². The van der Waals surface area contributed by atoms with Gasteiger partial charge in [0.15, 0.2) is 0 Å². The lowest BCUT2D eigenvalue weighted by Gasteiger charge is -2.38. The molecule has 2 amide bonds. The van der Waals surface area contributed by atoms with E-state index in [4.69, 9.17) is 6.42 Å². The number of piperazine rings is 1. The van der Waals surface area contributed by atoms with Crippen LogP contribution in [0.2, 0.25) is 0 Å². The van der Waals surface area contributed by atoms with Gasteiger partial charge in [0.1, 0.15) is 12.1 Å². The Hall–Kier alpha value is -1.50. The first kappa shape index (κ1) is 10.6. The third kappa shape index (κ3) is 1.72. The van der Waals surface area contributed by atoms with Crippen molar-refractivity contribution >= 4 is 11.8 Å². The standard InChI is InChI=1S/C10H14N2O2/c1-4-10(3,5-2)12-7-8(13)11-6-9(12)14/h1H,5-7H2,2-3H3,(H,11,13). The van der Waals surface area contributed by atoms with E-state index in [1.54, 1.807) is 6.92 Å². The second kappa shape index (κ2) is 3.70. The lowest BCUT2D eigenvalue weighted by Crippen LogP contribution is -2.59. The first-order chi connectivity index (χ1) is 6.53. The first-order valence-electron chi connectivity index (χ1n) is 4.58. The molecule has 76 valence electrons. The van der Waals surface area contributed by atoms with E-state index in [0.29, 0.717) is 6.42 Å². The van der Waals surface area contributed by atoms with Crippen LogP contribution in [0.4, 0.5) is 0 Å². The van der Waals surface area contributed by atoms with Crippen molar-refractivity contribution in [2.24, 2.45) is 0 Å². The van der Waals surface area contributed by atoms with Crippen LogP contribution in [0.1, 0.15) is 20.3 Å². The molecule has 1 saturated heterocycles. The van der Waals surface area contributed by atoms with Crippen molar-refractivity contribution in [2.75, 3.05) is 13.1 Å². The maximum Gasteiger partial charge on any atom is 0.243 e. The van der Waals surface area contributed by atoms with Crippen LogP contribution < -0.4 is 5.32 Å². The summed E-state index contributed by atoms with van der Waals surface area (Å²) in [6.45, 7) is 3.81.